The average molecular weight is 236 g/mol. The Hall–Kier alpha value is -0.860. The normalized spacial score (nSPS) is 18.9. The van der Waals surface area contributed by atoms with E-state index in [1.54, 1.807) is 11.8 Å². The lowest BCUT2D eigenvalue weighted by molar-refractivity contribution is 0.989. The van der Waals surface area contributed by atoms with Crippen LogP contribution in [0.5, 0.6) is 0 Å². The molecular weight excluding hydrogens is 226 g/mol. The van der Waals surface area contributed by atoms with Gasteiger partial charge in [0.15, 0.2) is 0 Å². The summed E-state index contributed by atoms with van der Waals surface area (Å²) in [4.78, 5) is 2.55. The van der Waals surface area contributed by atoms with E-state index in [1.807, 2.05) is 6.07 Å². The monoisotopic (exact) mass is 235 g/mol. The van der Waals surface area contributed by atoms with E-state index in [2.05, 4.69) is 29.6 Å². The summed E-state index contributed by atoms with van der Waals surface area (Å²) in [5.74, 6) is 0. The summed E-state index contributed by atoms with van der Waals surface area (Å²) in [6.45, 7) is 0. The molecule has 1 nitrogen and oxygen atoms in total. The van der Waals surface area contributed by atoms with E-state index in [0.717, 1.165) is 29.3 Å². The molecule has 0 saturated carbocycles. The van der Waals surface area contributed by atoms with Crippen LogP contribution in [-0.2, 0) is 0 Å². The summed E-state index contributed by atoms with van der Waals surface area (Å²) >= 11 is 8.02. The number of rotatable bonds is 0. The highest BCUT2D eigenvalue weighted by atomic mass is 35.5. The van der Waals surface area contributed by atoms with Crippen LogP contribution < -0.4 is 5.32 Å². The number of nitrogens with one attached hydrogen (secondary N) is 1. The second-order valence-electron chi connectivity index (χ2n) is 3.61. The van der Waals surface area contributed by atoms with E-state index in [1.165, 1.54) is 9.80 Å². The van der Waals surface area contributed by atoms with Gasteiger partial charge in [0.05, 0.1) is 11.4 Å². The first kappa shape index (κ1) is 9.37. The van der Waals surface area contributed by atoms with Crippen molar-refractivity contribution < 1.29 is 0 Å². The summed E-state index contributed by atoms with van der Waals surface area (Å²) in [6.07, 6.45) is 4.26. The average Bonchev–Trinajstić information content (AvgIpc) is 2.27. The van der Waals surface area contributed by atoms with Gasteiger partial charge < -0.3 is 5.32 Å². The second-order valence-corrected chi connectivity index (χ2v) is 5.15. The molecule has 76 valence electrons. The van der Waals surface area contributed by atoms with Gasteiger partial charge in [0, 0.05) is 14.8 Å². The molecule has 0 unspecified atom stereocenters. The molecule has 0 saturated heterocycles. The molecule has 1 heterocycles. The largest absolute Gasteiger partial charge is 0.353 e. The van der Waals surface area contributed by atoms with Crippen molar-refractivity contribution in [1.29, 1.82) is 0 Å². The van der Waals surface area contributed by atoms with E-state index < -0.39 is 0 Å². The molecule has 0 radical (unpaired) electrons. The molecule has 0 aromatic heterocycles. The van der Waals surface area contributed by atoms with Gasteiger partial charge >= 0.3 is 0 Å². The summed E-state index contributed by atoms with van der Waals surface area (Å²) in [5, 5.41) is 4.36. The van der Waals surface area contributed by atoms with Gasteiger partial charge in [-0.2, -0.15) is 0 Å². The van der Waals surface area contributed by atoms with Crippen molar-refractivity contribution in [2.45, 2.75) is 17.7 Å². The maximum absolute atomic E-state index is 6.22. The summed E-state index contributed by atoms with van der Waals surface area (Å²) in [7, 11) is 0. The number of halogens is 1. The zero-order valence-electron chi connectivity index (χ0n) is 8.09. The lowest BCUT2D eigenvalue weighted by Gasteiger charge is -2.26. The second kappa shape index (κ2) is 3.62. The lowest BCUT2D eigenvalue weighted by atomic mass is 10.1. The first-order valence-electron chi connectivity index (χ1n) is 4.98. The standard InChI is InChI=1S/C12H10ClNS/c13-8-4-3-7-11-12(8)14-9-5-1-2-6-10(9)15-11/h1-2,5-7,14H,3-4H2. The molecule has 0 amide bonds. The molecule has 3 heteroatoms. The number of fused-ring (bicyclic) bond motifs is 2. The smallest absolute Gasteiger partial charge is 0.0670 e. The predicted molar refractivity (Wildman–Crippen MR) is 66.1 cm³/mol. The van der Waals surface area contributed by atoms with Crippen LogP contribution in [-0.4, -0.2) is 0 Å². The molecule has 2 aliphatic rings. The molecular formula is C12H10ClNS. The van der Waals surface area contributed by atoms with Crippen molar-refractivity contribution in [2.24, 2.45) is 0 Å². The summed E-state index contributed by atoms with van der Waals surface area (Å²) in [5.41, 5.74) is 2.27. The van der Waals surface area contributed by atoms with Crippen LogP contribution in [0.1, 0.15) is 12.8 Å². The van der Waals surface area contributed by atoms with Gasteiger partial charge in [0.2, 0.25) is 0 Å². The minimum Gasteiger partial charge on any atom is -0.353 e. The minimum atomic E-state index is 0.953. The summed E-state index contributed by atoms with van der Waals surface area (Å²) in [6, 6.07) is 8.32. The SMILES string of the molecule is ClC1=C2Nc3ccccc3SC2=CCC1. The molecule has 15 heavy (non-hydrogen) atoms. The van der Waals surface area contributed by atoms with Crippen LogP contribution in [0, 0.1) is 0 Å². The van der Waals surface area contributed by atoms with Gasteiger partial charge in [-0.15, -0.1) is 0 Å². The molecule has 1 aliphatic carbocycles. The Morgan fingerprint density at radius 2 is 2.13 bits per heavy atom. The van der Waals surface area contributed by atoms with Gasteiger partial charge in [-0.05, 0) is 25.0 Å². The van der Waals surface area contributed by atoms with E-state index in [4.69, 9.17) is 11.6 Å². The predicted octanol–water partition coefficient (Wildman–Crippen LogP) is 4.33. The summed E-state index contributed by atoms with van der Waals surface area (Å²) < 4.78 is 0. The Labute approximate surface area is 98.2 Å². The van der Waals surface area contributed by atoms with Crippen LogP contribution in [0.3, 0.4) is 0 Å². The molecule has 1 aromatic carbocycles. The van der Waals surface area contributed by atoms with Crippen molar-refractivity contribution in [3.8, 4) is 0 Å². The van der Waals surface area contributed by atoms with Gasteiger partial charge in [-0.1, -0.05) is 41.6 Å². The van der Waals surface area contributed by atoms with Crippen LogP contribution >= 0.6 is 23.4 Å². The molecule has 1 aliphatic heterocycles. The highest BCUT2D eigenvalue weighted by molar-refractivity contribution is 8.03. The number of benzene rings is 1. The first-order valence-corrected chi connectivity index (χ1v) is 6.17. The van der Waals surface area contributed by atoms with Crippen LogP contribution in [0.2, 0.25) is 0 Å². The Balaban J connectivity index is 2.10. The van der Waals surface area contributed by atoms with Gasteiger partial charge in [-0.3, -0.25) is 0 Å². The molecule has 0 fully saturated rings. The number of hydrogen-bond acceptors (Lipinski definition) is 2. The van der Waals surface area contributed by atoms with Crippen molar-refractivity contribution >= 4 is 29.1 Å². The molecule has 0 spiro atoms. The number of thioether (sulfide) groups is 1. The fraction of sp³-hybridized carbons (Fsp3) is 0.167. The van der Waals surface area contributed by atoms with Crippen molar-refractivity contribution in [1.82, 2.24) is 0 Å². The molecule has 0 atom stereocenters. The maximum atomic E-state index is 6.22. The maximum Gasteiger partial charge on any atom is 0.0670 e. The first-order chi connectivity index (χ1) is 7.34. The van der Waals surface area contributed by atoms with Crippen molar-refractivity contribution in [3.63, 3.8) is 0 Å². The van der Waals surface area contributed by atoms with Crippen LogP contribution in [0.25, 0.3) is 0 Å². The van der Waals surface area contributed by atoms with Gasteiger partial charge in [0.25, 0.3) is 0 Å². The zero-order chi connectivity index (χ0) is 10.3. The lowest BCUT2D eigenvalue weighted by Crippen LogP contribution is -2.11. The fourth-order valence-corrected chi connectivity index (χ4v) is 3.23. The Morgan fingerprint density at radius 1 is 1.27 bits per heavy atom. The van der Waals surface area contributed by atoms with Crippen molar-refractivity contribution in [3.05, 3.63) is 46.0 Å². The third kappa shape index (κ3) is 1.58. The zero-order valence-corrected chi connectivity index (χ0v) is 9.66. The van der Waals surface area contributed by atoms with E-state index >= 15 is 0 Å². The Kier molecular flexibility index (Phi) is 2.26. The van der Waals surface area contributed by atoms with Crippen LogP contribution in [0.4, 0.5) is 5.69 Å². The Morgan fingerprint density at radius 3 is 3.07 bits per heavy atom. The van der Waals surface area contributed by atoms with E-state index in [9.17, 15) is 0 Å². The van der Waals surface area contributed by atoms with E-state index in [0.29, 0.717) is 0 Å². The quantitative estimate of drug-likeness (QED) is 0.718. The number of hydrogen-bond donors (Lipinski definition) is 1. The highest BCUT2D eigenvalue weighted by Crippen LogP contribution is 2.45. The van der Waals surface area contributed by atoms with Gasteiger partial charge in [0.1, 0.15) is 0 Å². The molecule has 1 N–H and O–H groups in total. The number of allylic oxidation sites excluding steroid dienone is 2. The molecule has 1 aromatic rings. The van der Waals surface area contributed by atoms with Crippen molar-refractivity contribution in [2.75, 3.05) is 5.32 Å². The number of para-hydroxylation sites is 1. The minimum absolute atomic E-state index is 0.953. The van der Waals surface area contributed by atoms with E-state index in [-0.39, 0.29) is 0 Å². The van der Waals surface area contributed by atoms with Gasteiger partial charge in [-0.25, -0.2) is 0 Å². The molecule has 3 rings (SSSR count). The number of anilines is 1. The Bertz CT molecular complexity index is 476. The van der Waals surface area contributed by atoms with Crippen LogP contribution in [0.15, 0.2) is 50.9 Å². The third-order valence-electron chi connectivity index (χ3n) is 2.58. The third-order valence-corrected chi connectivity index (χ3v) is 4.12. The molecule has 0 bridgehead atoms. The fourth-order valence-electron chi connectivity index (χ4n) is 1.82. The highest BCUT2D eigenvalue weighted by Gasteiger charge is 2.22. The topological polar surface area (TPSA) is 12.0 Å².